The van der Waals surface area contributed by atoms with Crippen molar-refractivity contribution >= 4 is 11.7 Å². The fourth-order valence-electron chi connectivity index (χ4n) is 2.10. The summed E-state index contributed by atoms with van der Waals surface area (Å²) in [6, 6.07) is 7.10. The second-order valence-electron chi connectivity index (χ2n) is 4.97. The number of nitrogens with zero attached hydrogens (tertiary/aromatic N) is 4. The SMILES string of the molecule is COc1ccc([N+](=O)[O-])cc1C(=O)OCc1nc(-c2cccnc2)no1. The van der Waals surface area contributed by atoms with Crippen molar-refractivity contribution in [2.45, 2.75) is 6.61 Å². The summed E-state index contributed by atoms with van der Waals surface area (Å²) in [6.07, 6.45) is 3.17. The van der Waals surface area contributed by atoms with E-state index in [0.717, 1.165) is 6.07 Å². The summed E-state index contributed by atoms with van der Waals surface area (Å²) in [5.41, 5.74) is 0.317. The first-order chi connectivity index (χ1) is 12.6. The van der Waals surface area contributed by atoms with Gasteiger partial charge in [0.25, 0.3) is 11.6 Å². The Morgan fingerprint density at radius 3 is 2.88 bits per heavy atom. The minimum absolute atomic E-state index is 0.0709. The van der Waals surface area contributed by atoms with Crippen molar-refractivity contribution in [3.63, 3.8) is 0 Å². The van der Waals surface area contributed by atoms with E-state index in [-0.39, 0.29) is 29.5 Å². The van der Waals surface area contributed by atoms with Gasteiger partial charge in [-0.25, -0.2) is 4.79 Å². The van der Waals surface area contributed by atoms with E-state index in [2.05, 4.69) is 15.1 Å². The number of nitro groups is 1. The highest BCUT2D eigenvalue weighted by atomic mass is 16.6. The van der Waals surface area contributed by atoms with E-state index < -0.39 is 10.9 Å². The number of pyridine rings is 1. The fourth-order valence-corrected chi connectivity index (χ4v) is 2.10. The lowest BCUT2D eigenvalue weighted by Gasteiger charge is -2.07. The molecule has 0 amide bonds. The Hall–Kier alpha value is -3.82. The topological polar surface area (TPSA) is 130 Å². The van der Waals surface area contributed by atoms with E-state index >= 15 is 0 Å². The van der Waals surface area contributed by atoms with Gasteiger partial charge in [-0.2, -0.15) is 4.98 Å². The van der Waals surface area contributed by atoms with Crippen LogP contribution in [-0.2, 0) is 11.3 Å². The van der Waals surface area contributed by atoms with Gasteiger partial charge in [-0.05, 0) is 18.2 Å². The molecule has 132 valence electrons. The molecule has 0 spiro atoms. The Balaban J connectivity index is 1.72. The smallest absolute Gasteiger partial charge is 0.342 e. The van der Waals surface area contributed by atoms with Crippen molar-refractivity contribution in [1.29, 1.82) is 0 Å². The van der Waals surface area contributed by atoms with Crippen molar-refractivity contribution in [3.8, 4) is 17.1 Å². The van der Waals surface area contributed by atoms with Crippen LogP contribution in [0.3, 0.4) is 0 Å². The molecule has 0 aliphatic carbocycles. The third-order valence-corrected chi connectivity index (χ3v) is 3.33. The molecule has 0 saturated carbocycles. The number of non-ortho nitro benzene ring substituents is 1. The number of ether oxygens (including phenoxy) is 2. The van der Waals surface area contributed by atoms with Crippen LogP contribution in [0.2, 0.25) is 0 Å². The Morgan fingerprint density at radius 2 is 2.19 bits per heavy atom. The number of esters is 1. The number of carbonyl (C=O) groups excluding carboxylic acids is 1. The first-order valence-electron chi connectivity index (χ1n) is 7.31. The highest BCUT2D eigenvalue weighted by Crippen LogP contribution is 2.25. The summed E-state index contributed by atoms with van der Waals surface area (Å²) < 4.78 is 15.1. The molecule has 1 aromatic carbocycles. The van der Waals surface area contributed by atoms with Gasteiger partial charge in [-0.1, -0.05) is 5.16 Å². The number of rotatable bonds is 6. The average Bonchev–Trinajstić information content (AvgIpc) is 3.15. The molecule has 2 aromatic heterocycles. The molecule has 10 heteroatoms. The summed E-state index contributed by atoms with van der Waals surface area (Å²) in [6.45, 7) is -0.294. The van der Waals surface area contributed by atoms with Crippen LogP contribution >= 0.6 is 0 Å². The largest absolute Gasteiger partial charge is 0.496 e. The Morgan fingerprint density at radius 1 is 1.35 bits per heavy atom. The molecule has 0 aliphatic heterocycles. The fraction of sp³-hybridized carbons (Fsp3) is 0.125. The van der Waals surface area contributed by atoms with Gasteiger partial charge in [0.2, 0.25) is 5.82 Å². The zero-order valence-electron chi connectivity index (χ0n) is 13.5. The molecule has 3 rings (SSSR count). The Bertz CT molecular complexity index is 941. The molecule has 0 aliphatic rings. The van der Waals surface area contributed by atoms with Crippen LogP contribution in [0.1, 0.15) is 16.2 Å². The molecule has 10 nitrogen and oxygen atoms in total. The summed E-state index contributed by atoms with van der Waals surface area (Å²) in [5.74, 6) is -0.285. The molecule has 0 fully saturated rings. The first kappa shape index (κ1) is 17.0. The van der Waals surface area contributed by atoms with Gasteiger partial charge in [-0.15, -0.1) is 0 Å². The zero-order valence-corrected chi connectivity index (χ0v) is 13.5. The minimum Gasteiger partial charge on any atom is -0.496 e. The molecular weight excluding hydrogens is 344 g/mol. The molecular formula is C16H12N4O6. The number of aromatic nitrogens is 3. The zero-order chi connectivity index (χ0) is 18.5. The first-order valence-corrected chi connectivity index (χ1v) is 7.31. The predicted octanol–water partition coefficient (Wildman–Crippen LogP) is 2.41. The second-order valence-corrected chi connectivity index (χ2v) is 4.97. The lowest BCUT2D eigenvalue weighted by atomic mass is 10.2. The van der Waals surface area contributed by atoms with E-state index in [4.69, 9.17) is 14.0 Å². The third kappa shape index (κ3) is 3.64. The van der Waals surface area contributed by atoms with E-state index in [1.807, 2.05) is 0 Å². The lowest BCUT2D eigenvalue weighted by Crippen LogP contribution is -2.08. The molecule has 26 heavy (non-hydrogen) atoms. The number of methoxy groups -OCH3 is 1. The van der Waals surface area contributed by atoms with Crippen LogP contribution in [0.25, 0.3) is 11.4 Å². The molecule has 0 radical (unpaired) electrons. The van der Waals surface area contributed by atoms with Gasteiger partial charge in [0.1, 0.15) is 11.3 Å². The molecule has 2 heterocycles. The quantitative estimate of drug-likeness (QED) is 0.371. The highest BCUT2D eigenvalue weighted by Gasteiger charge is 2.20. The van der Waals surface area contributed by atoms with Crippen molar-refractivity contribution in [1.82, 2.24) is 15.1 Å². The van der Waals surface area contributed by atoms with Crippen molar-refractivity contribution in [2.75, 3.05) is 7.11 Å². The molecule has 0 atom stereocenters. The normalized spacial score (nSPS) is 10.3. The molecule has 3 aromatic rings. The van der Waals surface area contributed by atoms with Crippen LogP contribution in [0.4, 0.5) is 5.69 Å². The molecule has 0 saturated heterocycles. The van der Waals surface area contributed by atoms with Gasteiger partial charge in [0.15, 0.2) is 6.61 Å². The maximum absolute atomic E-state index is 12.2. The van der Waals surface area contributed by atoms with Gasteiger partial charge < -0.3 is 14.0 Å². The standard InChI is InChI=1S/C16H12N4O6/c1-24-13-5-4-11(20(22)23)7-12(13)16(21)25-9-14-18-15(19-26-14)10-3-2-6-17-8-10/h2-8H,9H2,1H3. The molecule has 0 unspecified atom stereocenters. The van der Waals surface area contributed by atoms with Gasteiger partial charge >= 0.3 is 5.97 Å². The Kier molecular flexibility index (Phi) is 4.83. The highest BCUT2D eigenvalue weighted by molar-refractivity contribution is 5.93. The van der Waals surface area contributed by atoms with E-state index in [1.54, 1.807) is 24.5 Å². The second kappa shape index (κ2) is 7.38. The average molecular weight is 356 g/mol. The van der Waals surface area contributed by atoms with Crippen molar-refractivity contribution < 1.29 is 23.7 Å². The number of nitro benzene ring substituents is 1. The lowest BCUT2D eigenvalue weighted by molar-refractivity contribution is -0.384. The summed E-state index contributed by atoms with van der Waals surface area (Å²) in [5, 5.41) is 14.6. The van der Waals surface area contributed by atoms with E-state index in [9.17, 15) is 14.9 Å². The number of carbonyl (C=O) groups is 1. The summed E-state index contributed by atoms with van der Waals surface area (Å²) >= 11 is 0. The van der Waals surface area contributed by atoms with Crippen molar-refractivity contribution in [3.05, 3.63) is 64.3 Å². The summed E-state index contributed by atoms with van der Waals surface area (Å²) in [7, 11) is 1.34. The monoisotopic (exact) mass is 356 g/mol. The van der Waals surface area contributed by atoms with E-state index in [1.165, 1.54) is 19.2 Å². The molecule has 0 bridgehead atoms. The van der Waals surface area contributed by atoms with Crippen LogP contribution in [0, 0.1) is 10.1 Å². The number of benzene rings is 1. The van der Waals surface area contributed by atoms with Crippen LogP contribution in [0.15, 0.2) is 47.2 Å². The number of hydrogen-bond acceptors (Lipinski definition) is 9. The Labute approximate surface area is 146 Å². The van der Waals surface area contributed by atoms with Gasteiger partial charge in [0, 0.05) is 30.1 Å². The van der Waals surface area contributed by atoms with Crippen LogP contribution in [-0.4, -0.2) is 33.1 Å². The number of hydrogen-bond donors (Lipinski definition) is 0. The van der Waals surface area contributed by atoms with Gasteiger partial charge in [0.05, 0.1) is 12.0 Å². The van der Waals surface area contributed by atoms with Crippen molar-refractivity contribution in [2.24, 2.45) is 0 Å². The predicted molar refractivity (Wildman–Crippen MR) is 86.3 cm³/mol. The maximum Gasteiger partial charge on any atom is 0.342 e. The maximum atomic E-state index is 12.2. The van der Waals surface area contributed by atoms with Crippen LogP contribution in [0.5, 0.6) is 5.75 Å². The third-order valence-electron chi connectivity index (χ3n) is 3.33. The van der Waals surface area contributed by atoms with E-state index in [0.29, 0.717) is 11.4 Å². The summed E-state index contributed by atoms with van der Waals surface area (Å²) in [4.78, 5) is 30.5. The van der Waals surface area contributed by atoms with Gasteiger partial charge in [-0.3, -0.25) is 15.1 Å². The molecule has 0 N–H and O–H groups in total. The minimum atomic E-state index is -0.813. The van der Waals surface area contributed by atoms with Crippen LogP contribution < -0.4 is 4.74 Å².